The van der Waals surface area contributed by atoms with Crippen LogP contribution in [0.15, 0.2) is 41.0 Å². The van der Waals surface area contributed by atoms with Crippen LogP contribution in [0, 0.1) is 13.8 Å². The number of pyridine rings is 1. The van der Waals surface area contributed by atoms with Gasteiger partial charge in [-0.05, 0) is 65.5 Å². The molecule has 0 aliphatic carbocycles. The Morgan fingerprint density at radius 2 is 2.00 bits per heavy atom. The van der Waals surface area contributed by atoms with E-state index in [4.69, 9.17) is 0 Å². The van der Waals surface area contributed by atoms with Gasteiger partial charge in [0.05, 0.1) is 10.2 Å². The minimum atomic E-state index is -0.142. The van der Waals surface area contributed by atoms with E-state index in [-0.39, 0.29) is 11.7 Å². The second-order valence-electron chi connectivity index (χ2n) is 5.78. The van der Waals surface area contributed by atoms with E-state index >= 15 is 0 Å². The Bertz CT molecular complexity index is 901. The Morgan fingerprint density at radius 3 is 2.71 bits per heavy atom. The number of halogens is 1. The smallest absolute Gasteiger partial charge is 0.270 e. The van der Waals surface area contributed by atoms with Gasteiger partial charge >= 0.3 is 0 Å². The van der Waals surface area contributed by atoms with Gasteiger partial charge in [-0.15, -0.1) is 0 Å². The number of nitrogens with zero attached hydrogens (tertiary/aromatic N) is 2. The molecule has 24 heavy (non-hydrogen) atoms. The molecule has 0 aliphatic rings. The molecule has 0 unspecified atom stereocenters. The third-order valence-corrected chi connectivity index (χ3v) is 4.42. The summed E-state index contributed by atoms with van der Waals surface area (Å²) in [6.45, 7) is 4.33. The Labute approximate surface area is 148 Å². The fourth-order valence-electron chi connectivity index (χ4n) is 2.69. The number of aromatic nitrogens is 2. The van der Waals surface area contributed by atoms with Crippen LogP contribution in [-0.4, -0.2) is 26.9 Å². The number of fused-ring (bicyclic) bond motifs is 1. The standard InChI is InChI=1S/C18H18BrN3O2/c1-11-9-15(19)17-21-12(2)16(22(17)10-11)18(24)20-8-7-13-3-5-14(23)6-4-13/h3-6,9-10,23H,7-8H2,1-2H3,(H,20,24). The van der Waals surface area contributed by atoms with E-state index in [1.807, 2.05) is 42.6 Å². The lowest BCUT2D eigenvalue weighted by Gasteiger charge is -2.07. The maximum absolute atomic E-state index is 12.6. The van der Waals surface area contributed by atoms with E-state index in [1.54, 1.807) is 12.1 Å². The predicted molar refractivity (Wildman–Crippen MR) is 96.5 cm³/mol. The van der Waals surface area contributed by atoms with Crippen molar-refractivity contribution in [1.29, 1.82) is 0 Å². The number of hydrogen-bond donors (Lipinski definition) is 2. The number of imidazole rings is 1. The van der Waals surface area contributed by atoms with Crippen molar-refractivity contribution >= 4 is 27.5 Å². The van der Waals surface area contributed by atoms with Crippen LogP contribution >= 0.6 is 15.9 Å². The minimum absolute atomic E-state index is 0.142. The molecule has 1 amide bonds. The molecule has 1 aromatic carbocycles. The summed E-state index contributed by atoms with van der Waals surface area (Å²) in [4.78, 5) is 17.1. The van der Waals surface area contributed by atoms with Crippen molar-refractivity contribution in [2.75, 3.05) is 6.54 Å². The van der Waals surface area contributed by atoms with E-state index in [1.165, 1.54) is 0 Å². The van der Waals surface area contributed by atoms with Crippen LogP contribution in [-0.2, 0) is 6.42 Å². The molecule has 2 heterocycles. The topological polar surface area (TPSA) is 66.6 Å². The second-order valence-corrected chi connectivity index (χ2v) is 6.63. The van der Waals surface area contributed by atoms with Crippen LogP contribution in [0.3, 0.4) is 0 Å². The third-order valence-electron chi connectivity index (χ3n) is 3.84. The van der Waals surface area contributed by atoms with Gasteiger partial charge in [0, 0.05) is 12.7 Å². The zero-order valence-electron chi connectivity index (χ0n) is 13.5. The highest BCUT2D eigenvalue weighted by molar-refractivity contribution is 9.10. The summed E-state index contributed by atoms with van der Waals surface area (Å²) in [6, 6.07) is 8.97. The van der Waals surface area contributed by atoms with E-state index < -0.39 is 0 Å². The van der Waals surface area contributed by atoms with Crippen molar-refractivity contribution < 1.29 is 9.90 Å². The first-order valence-electron chi connectivity index (χ1n) is 7.66. The lowest BCUT2D eigenvalue weighted by molar-refractivity contribution is 0.0947. The molecular weight excluding hydrogens is 370 g/mol. The number of phenols is 1. The number of rotatable bonds is 4. The molecule has 2 N–H and O–H groups in total. The largest absolute Gasteiger partial charge is 0.508 e. The monoisotopic (exact) mass is 387 g/mol. The molecule has 0 atom stereocenters. The zero-order chi connectivity index (χ0) is 17.3. The van der Waals surface area contributed by atoms with Crippen molar-refractivity contribution in [3.05, 3.63) is 63.5 Å². The molecule has 0 bridgehead atoms. The van der Waals surface area contributed by atoms with Gasteiger partial charge in [0.25, 0.3) is 5.91 Å². The lowest BCUT2D eigenvalue weighted by atomic mass is 10.1. The molecule has 3 rings (SSSR count). The van der Waals surface area contributed by atoms with Crippen molar-refractivity contribution in [3.8, 4) is 5.75 Å². The Morgan fingerprint density at radius 1 is 1.29 bits per heavy atom. The number of amides is 1. The van der Waals surface area contributed by atoms with Gasteiger partial charge in [-0.25, -0.2) is 4.98 Å². The zero-order valence-corrected chi connectivity index (χ0v) is 15.1. The number of aromatic hydroxyl groups is 1. The van der Waals surface area contributed by atoms with Gasteiger partial charge in [-0.2, -0.15) is 0 Å². The maximum Gasteiger partial charge on any atom is 0.270 e. The highest BCUT2D eigenvalue weighted by Gasteiger charge is 2.17. The number of benzene rings is 1. The van der Waals surface area contributed by atoms with Gasteiger partial charge in [-0.1, -0.05) is 12.1 Å². The second kappa shape index (κ2) is 6.65. The SMILES string of the molecule is Cc1cc(Br)c2nc(C)c(C(=O)NCCc3ccc(O)cc3)n2c1. The van der Waals surface area contributed by atoms with Crippen LogP contribution in [0.2, 0.25) is 0 Å². The number of nitrogens with one attached hydrogen (secondary N) is 1. The first kappa shape index (κ1) is 16.5. The predicted octanol–water partition coefficient (Wildman–Crippen LogP) is 3.39. The van der Waals surface area contributed by atoms with Crippen LogP contribution in [0.25, 0.3) is 5.65 Å². The molecule has 0 saturated heterocycles. The van der Waals surface area contributed by atoms with Gasteiger partial charge in [0.1, 0.15) is 11.4 Å². The molecule has 0 saturated carbocycles. The lowest BCUT2D eigenvalue weighted by Crippen LogP contribution is -2.27. The normalized spacial score (nSPS) is 11.0. The van der Waals surface area contributed by atoms with E-state index in [2.05, 4.69) is 26.2 Å². The molecule has 5 nitrogen and oxygen atoms in total. The van der Waals surface area contributed by atoms with Crippen LogP contribution in [0.5, 0.6) is 5.75 Å². The fraction of sp³-hybridized carbons (Fsp3) is 0.222. The van der Waals surface area contributed by atoms with E-state index in [0.717, 1.165) is 21.2 Å². The highest BCUT2D eigenvalue weighted by Crippen LogP contribution is 2.22. The average molecular weight is 388 g/mol. The van der Waals surface area contributed by atoms with Crippen molar-refractivity contribution in [2.24, 2.45) is 0 Å². The summed E-state index contributed by atoms with van der Waals surface area (Å²) in [7, 11) is 0. The third kappa shape index (κ3) is 3.28. The van der Waals surface area contributed by atoms with Crippen molar-refractivity contribution in [2.45, 2.75) is 20.3 Å². The molecule has 0 radical (unpaired) electrons. The molecule has 0 spiro atoms. The molecule has 6 heteroatoms. The molecule has 2 aromatic heterocycles. The first-order chi connectivity index (χ1) is 11.5. The van der Waals surface area contributed by atoms with Gasteiger partial charge in [0.15, 0.2) is 5.65 Å². The van der Waals surface area contributed by atoms with E-state index in [9.17, 15) is 9.90 Å². The summed E-state index contributed by atoms with van der Waals surface area (Å²) in [5, 5.41) is 12.2. The Kier molecular flexibility index (Phi) is 4.57. The van der Waals surface area contributed by atoms with Crippen LogP contribution < -0.4 is 5.32 Å². The van der Waals surface area contributed by atoms with Crippen LogP contribution in [0.4, 0.5) is 0 Å². The molecule has 0 aliphatic heterocycles. The quantitative estimate of drug-likeness (QED) is 0.720. The summed E-state index contributed by atoms with van der Waals surface area (Å²) in [5.74, 6) is 0.0985. The summed E-state index contributed by atoms with van der Waals surface area (Å²) >= 11 is 3.50. The number of hydrogen-bond acceptors (Lipinski definition) is 3. The molecule has 3 aromatic rings. The number of carbonyl (C=O) groups is 1. The maximum atomic E-state index is 12.6. The number of aryl methyl sites for hydroxylation is 2. The van der Waals surface area contributed by atoms with Crippen molar-refractivity contribution in [1.82, 2.24) is 14.7 Å². The molecular formula is C18H18BrN3O2. The van der Waals surface area contributed by atoms with Gasteiger partial charge < -0.3 is 10.4 Å². The van der Waals surface area contributed by atoms with Crippen molar-refractivity contribution in [3.63, 3.8) is 0 Å². The van der Waals surface area contributed by atoms with Crippen LogP contribution in [0.1, 0.15) is 27.3 Å². The van der Waals surface area contributed by atoms with Gasteiger partial charge in [0.2, 0.25) is 0 Å². The average Bonchev–Trinajstić information content (AvgIpc) is 2.85. The Hall–Kier alpha value is -2.34. The summed E-state index contributed by atoms with van der Waals surface area (Å²) < 4.78 is 2.69. The number of phenolic OH excluding ortho intramolecular Hbond substituents is 1. The summed E-state index contributed by atoms with van der Waals surface area (Å²) in [6.07, 6.45) is 2.61. The van der Waals surface area contributed by atoms with Gasteiger partial charge in [-0.3, -0.25) is 9.20 Å². The first-order valence-corrected chi connectivity index (χ1v) is 8.46. The number of carbonyl (C=O) groups excluding carboxylic acids is 1. The minimum Gasteiger partial charge on any atom is -0.508 e. The highest BCUT2D eigenvalue weighted by atomic mass is 79.9. The summed E-state index contributed by atoms with van der Waals surface area (Å²) in [5.41, 5.74) is 4.09. The molecule has 124 valence electrons. The fourth-order valence-corrected chi connectivity index (χ4v) is 3.33. The van der Waals surface area contributed by atoms with E-state index in [0.29, 0.717) is 24.4 Å². The Balaban J connectivity index is 1.76. The molecule has 0 fully saturated rings.